The summed E-state index contributed by atoms with van der Waals surface area (Å²) in [6.07, 6.45) is 9.57. The molecular formula is C18H30N2. The van der Waals surface area contributed by atoms with Gasteiger partial charge in [0, 0.05) is 23.9 Å². The van der Waals surface area contributed by atoms with Gasteiger partial charge in [0.25, 0.3) is 0 Å². The smallest absolute Gasteiger partial charge is 0.0482 e. The molecule has 112 valence electrons. The lowest BCUT2D eigenvalue weighted by Crippen LogP contribution is -2.42. The van der Waals surface area contributed by atoms with Gasteiger partial charge in [-0.05, 0) is 56.2 Å². The monoisotopic (exact) mass is 274 g/mol. The van der Waals surface area contributed by atoms with Crippen molar-refractivity contribution >= 4 is 0 Å². The Morgan fingerprint density at radius 3 is 2.95 bits per heavy atom. The van der Waals surface area contributed by atoms with Gasteiger partial charge in [-0.15, -0.1) is 0 Å². The maximum Gasteiger partial charge on any atom is 0.0482 e. The minimum atomic E-state index is 0.587. The van der Waals surface area contributed by atoms with Crippen LogP contribution in [0.2, 0.25) is 0 Å². The Morgan fingerprint density at radius 1 is 1.35 bits per heavy atom. The van der Waals surface area contributed by atoms with Crippen LogP contribution in [-0.2, 0) is 6.42 Å². The molecule has 0 fully saturated rings. The third-order valence-electron chi connectivity index (χ3n) is 4.66. The van der Waals surface area contributed by atoms with E-state index in [2.05, 4.69) is 38.2 Å². The highest BCUT2D eigenvalue weighted by atomic mass is 14.9. The van der Waals surface area contributed by atoms with Crippen molar-refractivity contribution < 1.29 is 0 Å². The van der Waals surface area contributed by atoms with Crippen molar-refractivity contribution in [3.63, 3.8) is 0 Å². The van der Waals surface area contributed by atoms with Gasteiger partial charge in [-0.2, -0.15) is 0 Å². The molecule has 2 heteroatoms. The van der Waals surface area contributed by atoms with Crippen molar-refractivity contribution in [2.45, 2.75) is 71.3 Å². The molecule has 1 aromatic heterocycles. The van der Waals surface area contributed by atoms with Crippen LogP contribution in [0.5, 0.6) is 0 Å². The second kappa shape index (κ2) is 7.78. The summed E-state index contributed by atoms with van der Waals surface area (Å²) in [5, 5.41) is 3.82. The Morgan fingerprint density at radius 2 is 2.20 bits per heavy atom. The highest BCUT2D eigenvalue weighted by molar-refractivity contribution is 5.27. The highest BCUT2D eigenvalue weighted by Crippen LogP contribution is 2.35. The van der Waals surface area contributed by atoms with Crippen LogP contribution in [0.15, 0.2) is 18.3 Å². The molecule has 0 saturated carbocycles. The second-order valence-corrected chi connectivity index (χ2v) is 6.29. The second-order valence-electron chi connectivity index (χ2n) is 6.29. The van der Waals surface area contributed by atoms with Gasteiger partial charge in [0.15, 0.2) is 0 Å². The van der Waals surface area contributed by atoms with Crippen LogP contribution in [0.1, 0.15) is 70.1 Å². The zero-order valence-corrected chi connectivity index (χ0v) is 13.4. The topological polar surface area (TPSA) is 24.9 Å². The number of aromatic nitrogens is 1. The van der Waals surface area contributed by atoms with E-state index in [1.54, 1.807) is 0 Å². The van der Waals surface area contributed by atoms with E-state index in [9.17, 15) is 0 Å². The van der Waals surface area contributed by atoms with Crippen LogP contribution in [0.4, 0.5) is 0 Å². The predicted molar refractivity (Wildman–Crippen MR) is 86.1 cm³/mol. The number of nitrogens with one attached hydrogen (secondary N) is 1. The molecule has 3 unspecified atom stereocenters. The first-order valence-electron chi connectivity index (χ1n) is 8.45. The minimum Gasteiger partial charge on any atom is -0.313 e. The van der Waals surface area contributed by atoms with Gasteiger partial charge >= 0.3 is 0 Å². The first-order chi connectivity index (χ1) is 9.77. The molecule has 1 aromatic rings. The largest absolute Gasteiger partial charge is 0.313 e. The van der Waals surface area contributed by atoms with Crippen molar-refractivity contribution in [1.29, 1.82) is 0 Å². The molecule has 3 atom stereocenters. The molecule has 2 nitrogen and oxygen atoms in total. The summed E-state index contributed by atoms with van der Waals surface area (Å²) in [6.45, 7) is 8.08. The number of hydrogen-bond donors (Lipinski definition) is 1. The lowest BCUT2D eigenvalue weighted by atomic mass is 9.77. The molecule has 0 amide bonds. The quantitative estimate of drug-likeness (QED) is 0.801. The van der Waals surface area contributed by atoms with E-state index >= 15 is 0 Å². The lowest BCUT2D eigenvalue weighted by molar-refractivity contribution is 0.284. The summed E-state index contributed by atoms with van der Waals surface area (Å²) >= 11 is 0. The highest BCUT2D eigenvalue weighted by Gasteiger charge is 2.31. The first-order valence-corrected chi connectivity index (χ1v) is 8.45. The fourth-order valence-electron chi connectivity index (χ4n) is 3.68. The van der Waals surface area contributed by atoms with Crippen LogP contribution in [0, 0.1) is 5.92 Å². The lowest BCUT2D eigenvalue weighted by Gasteiger charge is -2.36. The third-order valence-corrected chi connectivity index (χ3v) is 4.66. The molecule has 0 aliphatic heterocycles. The van der Waals surface area contributed by atoms with Crippen molar-refractivity contribution in [3.05, 3.63) is 29.6 Å². The van der Waals surface area contributed by atoms with Crippen molar-refractivity contribution in [3.8, 4) is 0 Å². The molecule has 0 bridgehead atoms. The molecule has 2 rings (SSSR count). The van der Waals surface area contributed by atoms with Gasteiger partial charge in [0.2, 0.25) is 0 Å². The van der Waals surface area contributed by atoms with Gasteiger partial charge in [-0.3, -0.25) is 4.98 Å². The Bertz CT molecular complexity index is 402. The summed E-state index contributed by atoms with van der Waals surface area (Å²) in [4.78, 5) is 4.73. The van der Waals surface area contributed by atoms with E-state index in [-0.39, 0.29) is 0 Å². The average Bonchev–Trinajstić information content (AvgIpc) is 2.48. The molecule has 20 heavy (non-hydrogen) atoms. The SMILES string of the molecule is CCCNC(C(C)CCC)C1CCCc2cccnc21. The number of hydrogen-bond acceptors (Lipinski definition) is 2. The standard InChI is InChI=1S/C18H30N2/c1-4-8-14(3)17(19-12-5-2)16-11-6-9-15-10-7-13-20-18(15)16/h7,10,13-14,16-17,19H,4-6,8-9,11-12H2,1-3H3. The number of rotatable bonds is 7. The molecule has 1 aliphatic carbocycles. The average molecular weight is 274 g/mol. The van der Waals surface area contributed by atoms with Crippen LogP contribution >= 0.6 is 0 Å². The van der Waals surface area contributed by atoms with E-state index in [4.69, 9.17) is 4.98 Å². The van der Waals surface area contributed by atoms with Crippen molar-refractivity contribution in [1.82, 2.24) is 10.3 Å². The molecule has 1 heterocycles. The molecule has 0 aromatic carbocycles. The van der Waals surface area contributed by atoms with Crippen LogP contribution < -0.4 is 5.32 Å². The summed E-state index contributed by atoms with van der Waals surface area (Å²) < 4.78 is 0. The van der Waals surface area contributed by atoms with E-state index in [0.717, 1.165) is 12.5 Å². The van der Waals surface area contributed by atoms with Crippen LogP contribution in [-0.4, -0.2) is 17.6 Å². The van der Waals surface area contributed by atoms with Gasteiger partial charge in [0.05, 0.1) is 0 Å². The molecule has 0 spiro atoms. The maximum atomic E-state index is 4.73. The fraction of sp³-hybridized carbons (Fsp3) is 0.722. The van der Waals surface area contributed by atoms with Crippen LogP contribution in [0.3, 0.4) is 0 Å². The summed E-state index contributed by atoms with van der Waals surface area (Å²) in [5.74, 6) is 1.33. The summed E-state index contributed by atoms with van der Waals surface area (Å²) in [5.41, 5.74) is 2.85. The molecule has 1 N–H and O–H groups in total. The van der Waals surface area contributed by atoms with Gasteiger partial charge < -0.3 is 5.32 Å². The Labute approximate surface area is 124 Å². The van der Waals surface area contributed by atoms with Gasteiger partial charge in [-0.1, -0.05) is 33.3 Å². The molecular weight excluding hydrogens is 244 g/mol. The van der Waals surface area contributed by atoms with Crippen molar-refractivity contribution in [2.24, 2.45) is 5.92 Å². The summed E-state index contributed by atoms with van der Waals surface area (Å²) in [7, 11) is 0. The fourth-order valence-corrected chi connectivity index (χ4v) is 3.68. The maximum absolute atomic E-state index is 4.73. The number of pyridine rings is 1. The van der Waals surface area contributed by atoms with E-state index in [1.165, 1.54) is 49.8 Å². The number of fused-ring (bicyclic) bond motifs is 1. The van der Waals surface area contributed by atoms with Gasteiger partial charge in [-0.25, -0.2) is 0 Å². The van der Waals surface area contributed by atoms with Crippen LogP contribution in [0.25, 0.3) is 0 Å². The third kappa shape index (κ3) is 3.60. The van der Waals surface area contributed by atoms with Crippen molar-refractivity contribution in [2.75, 3.05) is 6.54 Å². The Balaban J connectivity index is 2.20. The van der Waals surface area contributed by atoms with Gasteiger partial charge in [0.1, 0.15) is 0 Å². The normalized spacial score (nSPS) is 21.2. The number of nitrogens with zero attached hydrogens (tertiary/aromatic N) is 1. The number of aryl methyl sites for hydroxylation is 1. The summed E-state index contributed by atoms with van der Waals surface area (Å²) in [6, 6.07) is 4.95. The minimum absolute atomic E-state index is 0.587. The Kier molecular flexibility index (Phi) is 6.03. The van der Waals surface area contributed by atoms with E-state index in [0.29, 0.717) is 12.0 Å². The van der Waals surface area contributed by atoms with E-state index < -0.39 is 0 Å². The molecule has 1 aliphatic rings. The van der Waals surface area contributed by atoms with E-state index in [1.807, 2.05) is 6.20 Å². The molecule has 0 saturated heterocycles. The first kappa shape index (κ1) is 15.5. The predicted octanol–water partition coefficient (Wildman–Crippen LogP) is 4.31. The zero-order valence-electron chi connectivity index (χ0n) is 13.4. The molecule has 0 radical (unpaired) electrons. The Hall–Kier alpha value is -0.890. The zero-order chi connectivity index (χ0) is 14.4.